The summed E-state index contributed by atoms with van der Waals surface area (Å²) in [6.07, 6.45) is 1.20. The average molecular weight is 280 g/mol. The summed E-state index contributed by atoms with van der Waals surface area (Å²) in [5.41, 5.74) is 8.71. The lowest BCUT2D eigenvalue weighted by molar-refractivity contribution is -0.140. The standard InChI is InChI=1S/C14H20N2O2S/c1-10-9-11(14(15)19)6-7-12(10)16(2)8-4-5-13(17)18-3/h6-7,9H,4-5,8H2,1-3H3,(H2,15,19). The van der Waals surface area contributed by atoms with E-state index in [4.69, 9.17) is 18.0 Å². The van der Waals surface area contributed by atoms with Gasteiger partial charge in [-0.3, -0.25) is 4.79 Å². The fourth-order valence-electron chi connectivity index (χ4n) is 1.92. The number of esters is 1. The van der Waals surface area contributed by atoms with E-state index in [1.807, 2.05) is 32.2 Å². The number of nitrogens with two attached hydrogens (primary N) is 1. The zero-order valence-electron chi connectivity index (χ0n) is 11.6. The Morgan fingerprint density at radius 2 is 2.16 bits per heavy atom. The van der Waals surface area contributed by atoms with Gasteiger partial charge in [0.05, 0.1) is 7.11 Å². The van der Waals surface area contributed by atoms with E-state index in [9.17, 15) is 4.79 Å². The lowest BCUT2D eigenvalue weighted by Gasteiger charge is -2.21. The summed E-state index contributed by atoms with van der Waals surface area (Å²) in [4.78, 5) is 13.6. The minimum absolute atomic E-state index is 0.172. The largest absolute Gasteiger partial charge is 0.469 e. The number of benzene rings is 1. The quantitative estimate of drug-likeness (QED) is 0.638. The summed E-state index contributed by atoms with van der Waals surface area (Å²) < 4.78 is 4.62. The Morgan fingerprint density at radius 1 is 1.47 bits per heavy atom. The SMILES string of the molecule is COC(=O)CCCN(C)c1ccc(C(N)=S)cc1C. The van der Waals surface area contributed by atoms with E-state index in [2.05, 4.69) is 9.64 Å². The zero-order chi connectivity index (χ0) is 14.4. The predicted octanol–water partition coefficient (Wildman–Crippen LogP) is 2.02. The Labute approximate surface area is 119 Å². The van der Waals surface area contributed by atoms with Crippen LogP contribution in [0.2, 0.25) is 0 Å². The van der Waals surface area contributed by atoms with Crippen LogP contribution in [-0.4, -0.2) is 31.7 Å². The summed E-state index contributed by atoms with van der Waals surface area (Å²) >= 11 is 4.96. The van der Waals surface area contributed by atoms with Crippen LogP contribution in [-0.2, 0) is 9.53 Å². The van der Waals surface area contributed by atoms with Gasteiger partial charge in [0.1, 0.15) is 4.99 Å². The van der Waals surface area contributed by atoms with Crippen molar-refractivity contribution in [1.82, 2.24) is 0 Å². The smallest absolute Gasteiger partial charge is 0.305 e. The average Bonchev–Trinajstić information content (AvgIpc) is 2.37. The molecule has 0 fully saturated rings. The van der Waals surface area contributed by atoms with Crippen LogP contribution < -0.4 is 10.6 Å². The molecule has 0 unspecified atom stereocenters. The summed E-state index contributed by atoms with van der Waals surface area (Å²) in [5.74, 6) is -0.172. The molecule has 0 radical (unpaired) electrons. The highest BCUT2D eigenvalue weighted by atomic mass is 32.1. The molecule has 104 valence electrons. The Morgan fingerprint density at radius 3 is 2.68 bits per heavy atom. The number of ether oxygens (including phenoxy) is 1. The highest BCUT2D eigenvalue weighted by molar-refractivity contribution is 7.80. The number of methoxy groups -OCH3 is 1. The first-order chi connectivity index (χ1) is 8.95. The Hall–Kier alpha value is -1.62. The Bertz CT molecular complexity index is 475. The van der Waals surface area contributed by atoms with Crippen molar-refractivity contribution in [1.29, 1.82) is 0 Å². The molecule has 0 aliphatic heterocycles. The van der Waals surface area contributed by atoms with Crippen LogP contribution >= 0.6 is 12.2 Å². The van der Waals surface area contributed by atoms with Crippen LogP contribution in [0.25, 0.3) is 0 Å². The number of anilines is 1. The van der Waals surface area contributed by atoms with Gasteiger partial charge in [-0.25, -0.2) is 0 Å². The van der Waals surface area contributed by atoms with Gasteiger partial charge in [-0.05, 0) is 37.1 Å². The van der Waals surface area contributed by atoms with Gasteiger partial charge in [0.25, 0.3) is 0 Å². The second-order valence-electron chi connectivity index (χ2n) is 4.47. The number of nitrogens with zero attached hydrogens (tertiary/aromatic N) is 1. The van der Waals surface area contributed by atoms with Gasteiger partial charge in [-0.2, -0.15) is 0 Å². The van der Waals surface area contributed by atoms with Gasteiger partial charge in [0.15, 0.2) is 0 Å². The van der Waals surface area contributed by atoms with Gasteiger partial charge < -0.3 is 15.4 Å². The van der Waals surface area contributed by atoms with Gasteiger partial charge in [0.2, 0.25) is 0 Å². The fraction of sp³-hybridized carbons (Fsp3) is 0.429. The van der Waals surface area contributed by atoms with Crippen molar-refractivity contribution < 1.29 is 9.53 Å². The molecule has 5 heteroatoms. The van der Waals surface area contributed by atoms with Crippen LogP contribution in [0.1, 0.15) is 24.0 Å². The van der Waals surface area contributed by atoms with Crippen molar-refractivity contribution in [3.05, 3.63) is 29.3 Å². The maximum absolute atomic E-state index is 11.0. The number of hydrogen-bond acceptors (Lipinski definition) is 4. The summed E-state index contributed by atoms with van der Waals surface area (Å²) in [5, 5.41) is 0. The first-order valence-corrected chi connectivity index (χ1v) is 6.55. The number of rotatable bonds is 6. The van der Waals surface area contributed by atoms with Gasteiger partial charge in [0, 0.05) is 31.3 Å². The third kappa shape index (κ3) is 4.52. The van der Waals surface area contributed by atoms with Crippen LogP contribution in [0, 0.1) is 6.92 Å². The van der Waals surface area contributed by atoms with Crippen LogP contribution in [0.3, 0.4) is 0 Å². The van der Waals surface area contributed by atoms with Crippen molar-refractivity contribution in [2.45, 2.75) is 19.8 Å². The summed E-state index contributed by atoms with van der Waals surface area (Å²) in [6, 6.07) is 5.90. The highest BCUT2D eigenvalue weighted by Crippen LogP contribution is 2.20. The first-order valence-electron chi connectivity index (χ1n) is 6.14. The first kappa shape index (κ1) is 15.4. The van der Waals surface area contributed by atoms with E-state index in [0.29, 0.717) is 11.4 Å². The molecule has 0 atom stereocenters. The highest BCUT2D eigenvalue weighted by Gasteiger charge is 2.07. The monoisotopic (exact) mass is 280 g/mol. The molecule has 0 aliphatic rings. The minimum Gasteiger partial charge on any atom is -0.469 e. The van der Waals surface area contributed by atoms with Gasteiger partial charge in [-0.1, -0.05) is 12.2 Å². The van der Waals surface area contributed by atoms with Crippen LogP contribution in [0.15, 0.2) is 18.2 Å². The lowest BCUT2D eigenvalue weighted by Crippen LogP contribution is -2.21. The molecule has 0 spiro atoms. The molecule has 19 heavy (non-hydrogen) atoms. The zero-order valence-corrected chi connectivity index (χ0v) is 12.4. The van der Waals surface area contributed by atoms with E-state index >= 15 is 0 Å². The number of carbonyl (C=O) groups is 1. The molecular formula is C14H20N2O2S. The van der Waals surface area contributed by atoms with E-state index in [1.54, 1.807) is 0 Å². The van der Waals surface area contributed by atoms with Crippen molar-refractivity contribution in [3.8, 4) is 0 Å². The molecule has 0 saturated carbocycles. The van der Waals surface area contributed by atoms with Crippen molar-refractivity contribution in [2.75, 3.05) is 25.6 Å². The molecule has 2 N–H and O–H groups in total. The molecule has 1 aromatic carbocycles. The molecule has 0 saturated heterocycles. The van der Waals surface area contributed by atoms with Crippen LogP contribution in [0.4, 0.5) is 5.69 Å². The normalized spacial score (nSPS) is 10.1. The van der Waals surface area contributed by atoms with Crippen molar-refractivity contribution in [2.24, 2.45) is 5.73 Å². The second kappa shape index (κ2) is 7.09. The number of thiocarbonyl (C=S) groups is 1. The molecule has 1 aromatic rings. The van der Waals surface area contributed by atoms with E-state index in [-0.39, 0.29) is 5.97 Å². The molecule has 0 bridgehead atoms. The van der Waals surface area contributed by atoms with Crippen LogP contribution in [0.5, 0.6) is 0 Å². The van der Waals surface area contributed by atoms with E-state index in [0.717, 1.165) is 29.8 Å². The maximum Gasteiger partial charge on any atom is 0.305 e. The summed E-state index contributed by atoms with van der Waals surface area (Å²) in [6.45, 7) is 2.82. The number of carbonyl (C=O) groups excluding carboxylic acids is 1. The molecule has 0 aliphatic carbocycles. The molecular weight excluding hydrogens is 260 g/mol. The Balaban J connectivity index is 2.64. The van der Waals surface area contributed by atoms with E-state index < -0.39 is 0 Å². The van der Waals surface area contributed by atoms with E-state index in [1.165, 1.54) is 7.11 Å². The van der Waals surface area contributed by atoms with Gasteiger partial charge >= 0.3 is 5.97 Å². The van der Waals surface area contributed by atoms with Crippen molar-refractivity contribution >= 4 is 28.9 Å². The fourth-order valence-corrected chi connectivity index (χ4v) is 2.05. The molecule has 0 aromatic heterocycles. The Kier molecular flexibility index (Phi) is 5.76. The third-order valence-electron chi connectivity index (χ3n) is 2.99. The lowest BCUT2D eigenvalue weighted by atomic mass is 10.1. The number of aryl methyl sites for hydroxylation is 1. The minimum atomic E-state index is -0.172. The summed E-state index contributed by atoms with van der Waals surface area (Å²) in [7, 11) is 3.41. The predicted molar refractivity (Wildman–Crippen MR) is 81.6 cm³/mol. The number of hydrogen-bond donors (Lipinski definition) is 1. The maximum atomic E-state index is 11.0. The van der Waals surface area contributed by atoms with Crippen molar-refractivity contribution in [3.63, 3.8) is 0 Å². The molecule has 4 nitrogen and oxygen atoms in total. The molecule has 1 rings (SSSR count). The third-order valence-corrected chi connectivity index (χ3v) is 3.23. The second-order valence-corrected chi connectivity index (χ2v) is 4.91. The molecule has 0 amide bonds. The topological polar surface area (TPSA) is 55.6 Å². The molecule has 0 heterocycles. The van der Waals surface area contributed by atoms with Gasteiger partial charge in [-0.15, -0.1) is 0 Å².